The second-order valence-corrected chi connectivity index (χ2v) is 3.74. The Morgan fingerprint density at radius 3 is 2.88 bits per heavy atom. The van der Waals surface area contributed by atoms with Crippen LogP contribution in [0, 0.1) is 6.92 Å². The molecule has 0 atom stereocenters. The Bertz CT molecular complexity index is 379. The number of ether oxygens (including phenoxy) is 1. The lowest BCUT2D eigenvalue weighted by atomic mass is 10.2. The lowest BCUT2D eigenvalue weighted by Gasteiger charge is -2.21. The summed E-state index contributed by atoms with van der Waals surface area (Å²) < 4.78 is 4.95. The molecule has 5 nitrogen and oxygen atoms in total. The molecule has 0 aliphatic carbocycles. The van der Waals surface area contributed by atoms with Crippen molar-refractivity contribution in [1.29, 1.82) is 0 Å². The number of anilines is 1. The van der Waals surface area contributed by atoms with Crippen LogP contribution in [0.4, 0.5) is 5.69 Å². The predicted octanol–water partition coefficient (Wildman–Crippen LogP) is 0.897. The normalized spacial score (nSPS) is 11.4. The molecule has 1 rings (SSSR count). The third-order valence-corrected chi connectivity index (χ3v) is 2.39. The molecule has 1 aromatic carbocycles. The molecule has 0 spiro atoms. The highest BCUT2D eigenvalue weighted by Gasteiger charge is 2.06. The maximum atomic E-state index is 5.47. The number of hydrogen-bond donors (Lipinski definition) is 2. The number of rotatable bonds is 4. The molecule has 0 saturated carbocycles. The summed E-state index contributed by atoms with van der Waals surface area (Å²) >= 11 is 0. The topological polar surface area (TPSA) is 62.9 Å². The zero-order valence-corrected chi connectivity index (χ0v) is 10.6. The highest BCUT2D eigenvalue weighted by atomic mass is 16.5. The van der Waals surface area contributed by atoms with Crippen molar-refractivity contribution in [2.75, 3.05) is 32.2 Å². The zero-order valence-electron chi connectivity index (χ0n) is 10.6. The first-order valence-corrected chi connectivity index (χ1v) is 5.49. The van der Waals surface area contributed by atoms with Crippen LogP contribution in [0.25, 0.3) is 0 Å². The molecule has 0 aliphatic rings. The summed E-state index contributed by atoms with van der Waals surface area (Å²) in [7, 11) is 3.57. The third-order valence-electron chi connectivity index (χ3n) is 2.39. The Morgan fingerprint density at radius 2 is 2.29 bits per heavy atom. The Morgan fingerprint density at radius 1 is 1.53 bits per heavy atom. The fraction of sp³-hybridized carbons (Fsp3) is 0.417. The SMILES string of the molecule is COCCN=C(NN)N(C)c1cccc(C)c1. The van der Waals surface area contributed by atoms with E-state index in [1.54, 1.807) is 7.11 Å². The van der Waals surface area contributed by atoms with Gasteiger partial charge in [0.15, 0.2) is 0 Å². The molecule has 3 N–H and O–H groups in total. The highest BCUT2D eigenvalue weighted by molar-refractivity contribution is 5.95. The molecular weight excluding hydrogens is 216 g/mol. The van der Waals surface area contributed by atoms with Crippen LogP contribution < -0.4 is 16.2 Å². The van der Waals surface area contributed by atoms with E-state index in [9.17, 15) is 0 Å². The number of methoxy groups -OCH3 is 1. The zero-order chi connectivity index (χ0) is 12.7. The number of aryl methyl sites for hydroxylation is 1. The Balaban J connectivity index is 2.78. The van der Waals surface area contributed by atoms with Crippen LogP contribution in [-0.2, 0) is 4.74 Å². The van der Waals surface area contributed by atoms with E-state index in [0.717, 1.165) is 5.69 Å². The number of nitrogens with zero attached hydrogens (tertiary/aromatic N) is 2. The Labute approximate surface area is 102 Å². The number of guanidine groups is 1. The first-order valence-electron chi connectivity index (χ1n) is 5.49. The molecule has 1 aromatic rings. The minimum absolute atomic E-state index is 0.576. The standard InChI is InChI=1S/C12H20N4O/c1-10-5-4-6-11(9-10)16(2)12(15-13)14-7-8-17-3/h4-6,9H,7-8,13H2,1-3H3,(H,14,15). The predicted molar refractivity (Wildman–Crippen MR) is 71.1 cm³/mol. The maximum absolute atomic E-state index is 5.47. The molecule has 0 amide bonds. The number of nitrogens with two attached hydrogens (primary N) is 1. The van der Waals surface area contributed by atoms with Crippen molar-refractivity contribution >= 4 is 11.6 Å². The molecule has 17 heavy (non-hydrogen) atoms. The summed E-state index contributed by atoms with van der Waals surface area (Å²) in [5.41, 5.74) is 4.84. The van der Waals surface area contributed by atoms with Crippen LogP contribution in [-0.4, -0.2) is 33.3 Å². The van der Waals surface area contributed by atoms with Gasteiger partial charge in [-0.1, -0.05) is 12.1 Å². The minimum Gasteiger partial charge on any atom is -0.383 e. The van der Waals surface area contributed by atoms with Crippen molar-refractivity contribution in [3.63, 3.8) is 0 Å². The fourth-order valence-electron chi connectivity index (χ4n) is 1.45. The van der Waals surface area contributed by atoms with Crippen LogP contribution in [0.3, 0.4) is 0 Å². The summed E-state index contributed by atoms with van der Waals surface area (Å²) in [6.45, 7) is 3.20. The second kappa shape index (κ2) is 6.88. The summed E-state index contributed by atoms with van der Waals surface area (Å²) in [6, 6.07) is 8.14. The molecule has 94 valence electrons. The lowest BCUT2D eigenvalue weighted by Crippen LogP contribution is -2.43. The Hall–Kier alpha value is -1.59. The lowest BCUT2D eigenvalue weighted by molar-refractivity contribution is 0.208. The monoisotopic (exact) mass is 236 g/mol. The van der Waals surface area contributed by atoms with Crippen molar-refractivity contribution in [2.45, 2.75) is 6.92 Å². The molecular formula is C12H20N4O. The van der Waals surface area contributed by atoms with Gasteiger partial charge < -0.3 is 9.64 Å². The summed E-state index contributed by atoms with van der Waals surface area (Å²) in [6.07, 6.45) is 0. The number of benzene rings is 1. The van der Waals surface area contributed by atoms with Gasteiger partial charge in [-0.25, -0.2) is 10.8 Å². The largest absolute Gasteiger partial charge is 0.383 e. The van der Waals surface area contributed by atoms with Crippen molar-refractivity contribution in [3.8, 4) is 0 Å². The maximum Gasteiger partial charge on any atom is 0.212 e. The third kappa shape index (κ3) is 4.05. The van der Waals surface area contributed by atoms with Gasteiger partial charge in [0.1, 0.15) is 0 Å². The fourth-order valence-corrected chi connectivity index (χ4v) is 1.45. The molecule has 0 fully saturated rings. The molecule has 0 heterocycles. The average Bonchev–Trinajstić information content (AvgIpc) is 2.34. The number of hydrazine groups is 1. The van der Waals surface area contributed by atoms with Gasteiger partial charge >= 0.3 is 0 Å². The highest BCUT2D eigenvalue weighted by Crippen LogP contribution is 2.13. The van der Waals surface area contributed by atoms with Crippen LogP contribution in [0.5, 0.6) is 0 Å². The first-order chi connectivity index (χ1) is 8.19. The van der Waals surface area contributed by atoms with Gasteiger partial charge in [-0.15, -0.1) is 0 Å². The van der Waals surface area contributed by atoms with E-state index in [2.05, 4.69) is 29.5 Å². The molecule has 5 heteroatoms. The van der Waals surface area contributed by atoms with E-state index in [4.69, 9.17) is 10.6 Å². The molecule has 0 aromatic heterocycles. The molecule has 0 aliphatic heterocycles. The van der Waals surface area contributed by atoms with Crippen LogP contribution in [0.15, 0.2) is 29.3 Å². The van der Waals surface area contributed by atoms with E-state index < -0.39 is 0 Å². The Kier molecular flexibility index (Phi) is 5.45. The van der Waals surface area contributed by atoms with Gasteiger partial charge in [0.05, 0.1) is 13.2 Å². The van der Waals surface area contributed by atoms with Gasteiger partial charge in [-0.2, -0.15) is 0 Å². The van der Waals surface area contributed by atoms with E-state index in [1.807, 2.05) is 24.1 Å². The van der Waals surface area contributed by atoms with E-state index in [-0.39, 0.29) is 0 Å². The summed E-state index contributed by atoms with van der Waals surface area (Å²) in [4.78, 5) is 6.22. The van der Waals surface area contributed by atoms with Crippen LogP contribution >= 0.6 is 0 Å². The molecule has 0 saturated heterocycles. The van der Waals surface area contributed by atoms with Gasteiger partial charge in [0.25, 0.3) is 0 Å². The van der Waals surface area contributed by atoms with Crippen LogP contribution in [0.2, 0.25) is 0 Å². The van der Waals surface area contributed by atoms with Crippen molar-refractivity contribution in [1.82, 2.24) is 5.43 Å². The quantitative estimate of drug-likeness (QED) is 0.268. The van der Waals surface area contributed by atoms with Crippen molar-refractivity contribution in [2.24, 2.45) is 10.8 Å². The van der Waals surface area contributed by atoms with E-state index in [1.165, 1.54) is 5.56 Å². The van der Waals surface area contributed by atoms with Crippen LogP contribution in [0.1, 0.15) is 5.56 Å². The smallest absolute Gasteiger partial charge is 0.212 e. The van der Waals surface area contributed by atoms with Gasteiger partial charge in [0, 0.05) is 19.8 Å². The summed E-state index contributed by atoms with van der Waals surface area (Å²) in [5, 5.41) is 0. The van der Waals surface area contributed by atoms with Crippen molar-refractivity contribution < 1.29 is 4.74 Å². The molecule has 0 radical (unpaired) electrons. The number of nitrogens with one attached hydrogen (secondary N) is 1. The van der Waals surface area contributed by atoms with E-state index >= 15 is 0 Å². The van der Waals surface area contributed by atoms with Crippen molar-refractivity contribution in [3.05, 3.63) is 29.8 Å². The molecule has 0 unspecified atom stereocenters. The number of hydrogen-bond acceptors (Lipinski definition) is 3. The van der Waals surface area contributed by atoms with Gasteiger partial charge in [0.2, 0.25) is 5.96 Å². The second-order valence-electron chi connectivity index (χ2n) is 3.74. The minimum atomic E-state index is 0.576. The van der Waals surface area contributed by atoms with E-state index in [0.29, 0.717) is 19.1 Å². The first kappa shape index (κ1) is 13.5. The van der Waals surface area contributed by atoms with Gasteiger partial charge in [-0.05, 0) is 24.6 Å². The average molecular weight is 236 g/mol. The summed E-state index contributed by atoms with van der Waals surface area (Å²) in [5.74, 6) is 6.09. The number of aliphatic imine (C=N–C) groups is 1. The molecule has 0 bridgehead atoms. The van der Waals surface area contributed by atoms with Gasteiger partial charge in [-0.3, -0.25) is 5.43 Å².